The standard InChI is InChI=1S/C28H48/c1-19(2)20(3)10-11-21(4)24-14-17-28(22(24)5)18-15-25-26(28)13-12-23-9-7-8-16-27(23,25)6/h19-21,23,25-26H,7-18H2,1-6H3/t20-,21-,23+,25-,26+,27-,28-/m0/s1. The second-order valence-corrected chi connectivity index (χ2v) is 12.3. The normalized spacial score (nSPS) is 42.8. The fourth-order valence-corrected chi connectivity index (χ4v) is 8.69. The lowest BCUT2D eigenvalue weighted by molar-refractivity contribution is -0.0401. The van der Waals surface area contributed by atoms with Crippen LogP contribution in [-0.2, 0) is 0 Å². The summed E-state index contributed by atoms with van der Waals surface area (Å²) in [6, 6.07) is 0. The molecule has 0 N–H and O–H groups in total. The molecule has 0 unspecified atom stereocenters. The number of allylic oxidation sites excluding steroid dienone is 2. The Balaban J connectivity index is 1.51. The van der Waals surface area contributed by atoms with Crippen molar-refractivity contribution in [3.8, 4) is 0 Å². The first kappa shape index (κ1) is 21.0. The van der Waals surface area contributed by atoms with Gasteiger partial charge in [-0.15, -0.1) is 0 Å². The van der Waals surface area contributed by atoms with Gasteiger partial charge in [-0.25, -0.2) is 0 Å². The van der Waals surface area contributed by atoms with Crippen LogP contribution in [0.3, 0.4) is 0 Å². The maximum atomic E-state index is 2.72. The summed E-state index contributed by atoms with van der Waals surface area (Å²) >= 11 is 0. The van der Waals surface area contributed by atoms with E-state index in [2.05, 4.69) is 41.5 Å². The zero-order valence-electron chi connectivity index (χ0n) is 19.9. The molecule has 28 heavy (non-hydrogen) atoms. The predicted molar refractivity (Wildman–Crippen MR) is 122 cm³/mol. The molecule has 3 fully saturated rings. The molecule has 4 aliphatic carbocycles. The van der Waals surface area contributed by atoms with Crippen molar-refractivity contribution < 1.29 is 0 Å². The second-order valence-electron chi connectivity index (χ2n) is 12.3. The Labute approximate surface area is 176 Å². The maximum Gasteiger partial charge on any atom is -0.00538 e. The van der Waals surface area contributed by atoms with Gasteiger partial charge in [0.15, 0.2) is 0 Å². The highest BCUT2D eigenvalue weighted by molar-refractivity contribution is 5.32. The van der Waals surface area contributed by atoms with Crippen LogP contribution < -0.4 is 0 Å². The summed E-state index contributed by atoms with van der Waals surface area (Å²) in [7, 11) is 0. The van der Waals surface area contributed by atoms with Crippen LogP contribution in [0.15, 0.2) is 11.1 Å². The third-order valence-electron chi connectivity index (χ3n) is 11.1. The van der Waals surface area contributed by atoms with Gasteiger partial charge >= 0.3 is 0 Å². The molecule has 3 saturated carbocycles. The Morgan fingerprint density at radius 1 is 0.857 bits per heavy atom. The highest BCUT2D eigenvalue weighted by Crippen LogP contribution is 2.69. The lowest BCUT2D eigenvalue weighted by Crippen LogP contribution is -2.46. The fraction of sp³-hybridized carbons (Fsp3) is 0.929. The van der Waals surface area contributed by atoms with Crippen LogP contribution in [0.25, 0.3) is 0 Å². The van der Waals surface area contributed by atoms with E-state index < -0.39 is 0 Å². The molecule has 4 rings (SSSR count). The molecule has 0 heteroatoms. The maximum absolute atomic E-state index is 2.72. The molecule has 4 aliphatic rings. The van der Waals surface area contributed by atoms with E-state index in [1.807, 2.05) is 11.1 Å². The number of rotatable bonds is 5. The predicted octanol–water partition coefficient (Wildman–Crippen LogP) is 8.81. The number of hydrogen-bond acceptors (Lipinski definition) is 0. The van der Waals surface area contributed by atoms with Gasteiger partial charge in [0, 0.05) is 0 Å². The van der Waals surface area contributed by atoms with E-state index >= 15 is 0 Å². The van der Waals surface area contributed by atoms with Crippen LogP contribution in [0.2, 0.25) is 0 Å². The van der Waals surface area contributed by atoms with E-state index in [-0.39, 0.29) is 0 Å². The molecule has 7 atom stereocenters. The van der Waals surface area contributed by atoms with Crippen LogP contribution >= 0.6 is 0 Å². The van der Waals surface area contributed by atoms with E-state index in [1.54, 1.807) is 19.3 Å². The molecular formula is C28H48. The van der Waals surface area contributed by atoms with Crippen molar-refractivity contribution in [3.05, 3.63) is 11.1 Å². The minimum Gasteiger partial charge on any atom is -0.0679 e. The van der Waals surface area contributed by atoms with Crippen molar-refractivity contribution in [3.63, 3.8) is 0 Å². The summed E-state index contributed by atoms with van der Waals surface area (Å²) < 4.78 is 0. The molecular weight excluding hydrogens is 336 g/mol. The smallest absolute Gasteiger partial charge is 0.00538 e. The molecule has 0 amide bonds. The Morgan fingerprint density at radius 3 is 2.39 bits per heavy atom. The van der Waals surface area contributed by atoms with E-state index in [0.717, 1.165) is 35.5 Å². The van der Waals surface area contributed by atoms with Crippen LogP contribution in [-0.4, -0.2) is 0 Å². The second kappa shape index (κ2) is 7.77. The Morgan fingerprint density at radius 2 is 1.64 bits per heavy atom. The molecule has 0 aromatic rings. The topological polar surface area (TPSA) is 0 Å². The summed E-state index contributed by atoms with van der Waals surface area (Å²) in [6.07, 6.45) is 18.0. The van der Waals surface area contributed by atoms with Gasteiger partial charge in [0.05, 0.1) is 0 Å². The minimum absolute atomic E-state index is 0.614. The third kappa shape index (κ3) is 3.24. The highest BCUT2D eigenvalue weighted by Gasteiger charge is 2.60. The van der Waals surface area contributed by atoms with Gasteiger partial charge < -0.3 is 0 Å². The first-order valence-electron chi connectivity index (χ1n) is 13.0. The van der Waals surface area contributed by atoms with E-state index in [4.69, 9.17) is 0 Å². The molecule has 0 aromatic heterocycles. The van der Waals surface area contributed by atoms with Gasteiger partial charge in [0.2, 0.25) is 0 Å². The van der Waals surface area contributed by atoms with Crippen LogP contribution in [0, 0.1) is 46.3 Å². The molecule has 0 heterocycles. The average Bonchev–Trinajstić information content (AvgIpc) is 3.22. The van der Waals surface area contributed by atoms with E-state index in [9.17, 15) is 0 Å². The third-order valence-corrected chi connectivity index (χ3v) is 11.1. The lowest BCUT2D eigenvalue weighted by Gasteiger charge is -2.54. The van der Waals surface area contributed by atoms with Crippen molar-refractivity contribution >= 4 is 0 Å². The first-order chi connectivity index (χ1) is 13.3. The van der Waals surface area contributed by atoms with Crippen LogP contribution in [0.1, 0.15) is 119 Å². The summed E-state index contributed by atoms with van der Waals surface area (Å²) in [6.45, 7) is 15.1. The Bertz CT molecular complexity index is 597. The average molecular weight is 385 g/mol. The van der Waals surface area contributed by atoms with Gasteiger partial charge in [-0.2, -0.15) is 0 Å². The van der Waals surface area contributed by atoms with Gasteiger partial charge in [0.25, 0.3) is 0 Å². The largest absolute Gasteiger partial charge is 0.0679 e. The van der Waals surface area contributed by atoms with Crippen molar-refractivity contribution in [2.45, 2.75) is 119 Å². The highest BCUT2D eigenvalue weighted by atomic mass is 14.6. The first-order valence-corrected chi connectivity index (χ1v) is 13.0. The summed E-state index contributed by atoms with van der Waals surface area (Å²) in [5.74, 6) is 5.64. The van der Waals surface area contributed by atoms with Crippen molar-refractivity contribution in [1.82, 2.24) is 0 Å². The SMILES string of the molecule is CC1=C([C@@H](C)CC[C@H](C)C(C)C)CC[C@]12CC[C@H]1[C@H]2CC[C@H]2CCCC[C@@]21C. The van der Waals surface area contributed by atoms with Gasteiger partial charge in [-0.1, -0.05) is 58.6 Å². The van der Waals surface area contributed by atoms with Gasteiger partial charge in [0.1, 0.15) is 0 Å². The van der Waals surface area contributed by atoms with Crippen molar-refractivity contribution in [2.75, 3.05) is 0 Å². The number of hydrogen-bond donors (Lipinski definition) is 0. The van der Waals surface area contributed by atoms with E-state index in [0.29, 0.717) is 10.8 Å². The molecule has 0 aliphatic heterocycles. The zero-order chi connectivity index (χ0) is 20.1. The zero-order valence-corrected chi connectivity index (χ0v) is 19.9. The summed E-state index contributed by atoms with van der Waals surface area (Å²) in [5.41, 5.74) is 5.09. The minimum atomic E-state index is 0.614. The Kier molecular flexibility index (Phi) is 5.83. The molecule has 0 saturated heterocycles. The summed E-state index contributed by atoms with van der Waals surface area (Å²) in [5, 5.41) is 0. The van der Waals surface area contributed by atoms with Crippen LogP contribution in [0.4, 0.5) is 0 Å². The molecule has 160 valence electrons. The number of fused-ring (bicyclic) bond motifs is 4. The van der Waals surface area contributed by atoms with Crippen molar-refractivity contribution in [1.29, 1.82) is 0 Å². The lowest BCUT2D eigenvalue weighted by atomic mass is 9.51. The van der Waals surface area contributed by atoms with Gasteiger partial charge in [-0.05, 0) is 117 Å². The monoisotopic (exact) mass is 384 g/mol. The summed E-state index contributed by atoms with van der Waals surface area (Å²) in [4.78, 5) is 0. The molecule has 0 nitrogen and oxygen atoms in total. The molecule has 0 radical (unpaired) electrons. The van der Waals surface area contributed by atoms with Gasteiger partial charge in [-0.3, -0.25) is 0 Å². The van der Waals surface area contributed by atoms with E-state index in [1.165, 1.54) is 57.8 Å². The molecule has 0 aromatic carbocycles. The fourth-order valence-electron chi connectivity index (χ4n) is 8.69. The van der Waals surface area contributed by atoms with Crippen LogP contribution in [0.5, 0.6) is 0 Å². The molecule has 1 spiro atoms. The quantitative estimate of drug-likeness (QED) is 0.415. The molecule has 0 bridgehead atoms. The van der Waals surface area contributed by atoms with Crippen molar-refractivity contribution in [2.24, 2.45) is 46.3 Å². The Hall–Kier alpha value is -0.260.